The van der Waals surface area contributed by atoms with Crippen molar-refractivity contribution in [2.24, 2.45) is 0 Å². The van der Waals surface area contributed by atoms with E-state index in [2.05, 4.69) is 14.8 Å². The predicted molar refractivity (Wildman–Crippen MR) is 43.1 cm³/mol. The van der Waals surface area contributed by atoms with E-state index < -0.39 is 0 Å². The standard InChI is InChI=1S/C8H7N3O3/c1-4-9-8-6(13-4)3-2-5-7(8)10-14-11(5)12/h2-3H2,1H3. The Morgan fingerprint density at radius 3 is 3.07 bits per heavy atom. The van der Waals surface area contributed by atoms with Gasteiger partial charge in [-0.1, -0.05) is 0 Å². The highest BCUT2D eigenvalue weighted by Gasteiger charge is 2.31. The molecule has 0 spiro atoms. The number of nitrogens with zero attached hydrogens (tertiary/aromatic N) is 3. The summed E-state index contributed by atoms with van der Waals surface area (Å²) >= 11 is 0. The first-order valence-corrected chi connectivity index (χ1v) is 4.31. The molecule has 1 aliphatic rings. The van der Waals surface area contributed by atoms with Gasteiger partial charge in [-0.2, -0.15) is 0 Å². The number of hydrogen-bond donors (Lipinski definition) is 0. The van der Waals surface area contributed by atoms with Crippen molar-refractivity contribution < 1.29 is 13.9 Å². The van der Waals surface area contributed by atoms with Crippen LogP contribution in [0.3, 0.4) is 0 Å². The van der Waals surface area contributed by atoms with Crippen LogP contribution in [0, 0.1) is 12.1 Å². The van der Waals surface area contributed by atoms with E-state index in [4.69, 9.17) is 4.42 Å². The smallest absolute Gasteiger partial charge is 0.273 e. The van der Waals surface area contributed by atoms with Crippen LogP contribution in [0.5, 0.6) is 0 Å². The molecule has 0 saturated carbocycles. The molecular weight excluding hydrogens is 186 g/mol. The van der Waals surface area contributed by atoms with Crippen molar-refractivity contribution in [3.63, 3.8) is 0 Å². The molecule has 0 fully saturated rings. The lowest BCUT2D eigenvalue weighted by atomic mass is 10.0. The van der Waals surface area contributed by atoms with Crippen LogP contribution in [0.25, 0.3) is 11.4 Å². The molecule has 3 rings (SSSR count). The number of rotatable bonds is 0. The van der Waals surface area contributed by atoms with Gasteiger partial charge in [0.05, 0.1) is 0 Å². The van der Waals surface area contributed by atoms with Crippen molar-refractivity contribution in [2.45, 2.75) is 19.8 Å². The van der Waals surface area contributed by atoms with Crippen molar-refractivity contribution in [2.75, 3.05) is 0 Å². The van der Waals surface area contributed by atoms with Gasteiger partial charge in [0.2, 0.25) is 5.69 Å². The van der Waals surface area contributed by atoms with E-state index >= 15 is 0 Å². The number of aromatic nitrogens is 3. The number of oxazole rings is 1. The number of aryl methyl sites for hydroxylation is 2. The highest BCUT2D eigenvalue weighted by molar-refractivity contribution is 5.60. The highest BCUT2D eigenvalue weighted by Crippen LogP contribution is 2.29. The van der Waals surface area contributed by atoms with Gasteiger partial charge in [-0.05, 0) is 4.90 Å². The van der Waals surface area contributed by atoms with Crippen LogP contribution in [0.15, 0.2) is 9.05 Å². The van der Waals surface area contributed by atoms with Crippen LogP contribution in [-0.2, 0) is 12.8 Å². The molecule has 6 nitrogen and oxygen atoms in total. The largest absolute Gasteiger partial charge is 0.445 e. The van der Waals surface area contributed by atoms with Crippen LogP contribution >= 0.6 is 0 Å². The fourth-order valence-electron chi connectivity index (χ4n) is 1.71. The molecule has 0 aliphatic heterocycles. The van der Waals surface area contributed by atoms with Crippen molar-refractivity contribution in [3.05, 3.63) is 22.6 Å². The molecular formula is C8H7N3O3. The second-order valence-corrected chi connectivity index (χ2v) is 3.23. The van der Waals surface area contributed by atoms with E-state index in [-0.39, 0.29) is 0 Å². The quantitative estimate of drug-likeness (QED) is 0.565. The van der Waals surface area contributed by atoms with Crippen molar-refractivity contribution in [1.29, 1.82) is 0 Å². The molecule has 2 aromatic heterocycles. The lowest BCUT2D eigenvalue weighted by Crippen LogP contribution is -2.29. The minimum atomic E-state index is 0.433. The van der Waals surface area contributed by atoms with Crippen LogP contribution in [0.2, 0.25) is 0 Å². The molecule has 2 aromatic rings. The minimum Gasteiger partial charge on any atom is -0.445 e. The maximum atomic E-state index is 11.1. The Morgan fingerprint density at radius 2 is 2.21 bits per heavy atom. The maximum absolute atomic E-state index is 11.1. The van der Waals surface area contributed by atoms with Gasteiger partial charge in [0, 0.05) is 24.9 Å². The van der Waals surface area contributed by atoms with Crippen molar-refractivity contribution in [3.8, 4) is 11.4 Å². The summed E-state index contributed by atoms with van der Waals surface area (Å²) in [6.45, 7) is 1.77. The third-order valence-electron chi connectivity index (χ3n) is 2.32. The monoisotopic (exact) mass is 193 g/mol. The van der Waals surface area contributed by atoms with Crippen LogP contribution < -0.4 is 4.90 Å². The Hall–Kier alpha value is -1.85. The van der Waals surface area contributed by atoms with E-state index in [9.17, 15) is 5.21 Å². The molecule has 0 radical (unpaired) electrons. The van der Waals surface area contributed by atoms with Crippen LogP contribution in [-0.4, -0.2) is 10.1 Å². The van der Waals surface area contributed by atoms with E-state index in [1.165, 1.54) is 0 Å². The van der Waals surface area contributed by atoms with E-state index in [1.54, 1.807) is 6.92 Å². The maximum Gasteiger partial charge on any atom is 0.273 e. The number of hydrogen-bond acceptors (Lipinski definition) is 5. The summed E-state index contributed by atoms with van der Waals surface area (Å²) in [6, 6.07) is 0. The average molecular weight is 193 g/mol. The molecule has 0 saturated heterocycles. The minimum absolute atomic E-state index is 0.433. The first kappa shape index (κ1) is 7.54. The number of fused-ring (bicyclic) bond motifs is 3. The Bertz CT molecular complexity index is 500. The average Bonchev–Trinajstić information content (AvgIpc) is 2.68. The van der Waals surface area contributed by atoms with Crippen LogP contribution in [0.4, 0.5) is 0 Å². The zero-order chi connectivity index (χ0) is 9.71. The van der Waals surface area contributed by atoms with Gasteiger partial charge in [-0.15, -0.1) is 0 Å². The first-order chi connectivity index (χ1) is 6.75. The van der Waals surface area contributed by atoms with E-state index in [1.807, 2.05) is 0 Å². The van der Waals surface area contributed by atoms with Crippen molar-refractivity contribution >= 4 is 0 Å². The van der Waals surface area contributed by atoms with Gasteiger partial charge < -0.3 is 9.62 Å². The predicted octanol–water partition coefficient (Wildman–Crippen LogP) is 0.370. The molecule has 0 aromatic carbocycles. The molecule has 0 N–H and O–H groups in total. The van der Waals surface area contributed by atoms with E-state index in [0.29, 0.717) is 40.7 Å². The lowest BCUT2D eigenvalue weighted by molar-refractivity contribution is -0.807. The lowest BCUT2D eigenvalue weighted by Gasteiger charge is -2.02. The third-order valence-corrected chi connectivity index (χ3v) is 2.32. The summed E-state index contributed by atoms with van der Waals surface area (Å²) < 4.78 is 9.88. The molecule has 0 unspecified atom stereocenters. The van der Waals surface area contributed by atoms with Crippen molar-refractivity contribution in [1.82, 2.24) is 10.1 Å². The third kappa shape index (κ3) is 0.822. The second kappa shape index (κ2) is 2.34. The highest BCUT2D eigenvalue weighted by atomic mass is 16.8. The molecule has 2 heterocycles. The molecule has 1 aliphatic carbocycles. The van der Waals surface area contributed by atoms with Gasteiger partial charge in [0.15, 0.2) is 11.6 Å². The second-order valence-electron chi connectivity index (χ2n) is 3.23. The molecule has 0 atom stereocenters. The van der Waals surface area contributed by atoms with Gasteiger partial charge in [-0.3, -0.25) is 4.63 Å². The first-order valence-electron chi connectivity index (χ1n) is 4.31. The molecule has 6 heteroatoms. The SMILES string of the molecule is Cc1nc2c(o1)CCc1c-2no[n+]1[O-]. The van der Waals surface area contributed by atoms with Gasteiger partial charge >= 0.3 is 0 Å². The Balaban J connectivity index is 2.28. The summed E-state index contributed by atoms with van der Waals surface area (Å²) in [7, 11) is 0. The summed E-state index contributed by atoms with van der Waals surface area (Å²) in [4.78, 5) is 4.60. The van der Waals surface area contributed by atoms with Gasteiger partial charge in [0.25, 0.3) is 5.69 Å². The summed E-state index contributed by atoms with van der Waals surface area (Å²) in [5, 5.41) is 14.8. The zero-order valence-corrected chi connectivity index (χ0v) is 7.48. The molecule has 72 valence electrons. The van der Waals surface area contributed by atoms with Gasteiger partial charge in [-0.25, -0.2) is 4.98 Å². The Kier molecular flexibility index (Phi) is 1.26. The topological polar surface area (TPSA) is 79.0 Å². The fourth-order valence-corrected chi connectivity index (χ4v) is 1.71. The van der Waals surface area contributed by atoms with Crippen LogP contribution in [0.1, 0.15) is 17.3 Å². The zero-order valence-electron chi connectivity index (χ0n) is 7.48. The Labute approximate surface area is 78.7 Å². The summed E-state index contributed by atoms with van der Waals surface area (Å²) in [5.74, 6) is 1.37. The fraction of sp³-hybridized carbons (Fsp3) is 0.375. The van der Waals surface area contributed by atoms with Gasteiger partial charge in [0.1, 0.15) is 5.76 Å². The summed E-state index contributed by atoms with van der Waals surface area (Å²) in [5.41, 5.74) is 1.69. The normalized spacial score (nSPS) is 13.8. The molecule has 14 heavy (non-hydrogen) atoms. The Morgan fingerprint density at radius 1 is 1.36 bits per heavy atom. The summed E-state index contributed by atoms with van der Waals surface area (Å²) in [6.07, 6.45) is 1.26. The molecule has 0 amide bonds. The molecule has 0 bridgehead atoms. The van der Waals surface area contributed by atoms with E-state index in [0.717, 1.165) is 5.76 Å².